The van der Waals surface area contributed by atoms with Crippen molar-refractivity contribution in [3.8, 4) is 5.75 Å². The average Bonchev–Trinajstić information content (AvgIpc) is 3.28. The van der Waals surface area contributed by atoms with Crippen LogP contribution in [0.5, 0.6) is 5.75 Å². The van der Waals surface area contributed by atoms with E-state index in [4.69, 9.17) is 4.74 Å². The first-order valence-electron chi connectivity index (χ1n) is 13.1. The summed E-state index contributed by atoms with van der Waals surface area (Å²) in [7, 11) is 1.68. The third-order valence-corrected chi connectivity index (χ3v) is 7.54. The van der Waals surface area contributed by atoms with Crippen molar-refractivity contribution in [3.05, 3.63) is 100 Å². The fourth-order valence-corrected chi connectivity index (χ4v) is 5.69. The summed E-state index contributed by atoms with van der Waals surface area (Å²) in [6.45, 7) is 2.53. The molecule has 0 aliphatic carbocycles. The van der Waals surface area contributed by atoms with Gasteiger partial charge in [-0.2, -0.15) is 0 Å². The number of H-pyrrole nitrogens is 1. The Morgan fingerprint density at radius 1 is 1.03 bits per heavy atom. The summed E-state index contributed by atoms with van der Waals surface area (Å²) >= 11 is 0. The van der Waals surface area contributed by atoms with Crippen molar-refractivity contribution in [2.75, 3.05) is 20.2 Å². The number of carboxylic acid groups (broad SMARTS) is 1. The number of aromatic nitrogens is 2. The lowest BCUT2D eigenvalue weighted by Gasteiger charge is -2.39. The van der Waals surface area contributed by atoms with Crippen molar-refractivity contribution >= 4 is 17.1 Å². The monoisotopic (exact) mass is 514 g/mol. The van der Waals surface area contributed by atoms with Gasteiger partial charge in [0.15, 0.2) is 0 Å². The molecule has 8 nitrogen and oxygen atoms in total. The number of nitrogens with one attached hydrogen (secondary N) is 1. The van der Waals surface area contributed by atoms with Gasteiger partial charge in [0.2, 0.25) is 0 Å². The number of fused-ring (bicyclic) bond motifs is 1. The van der Waals surface area contributed by atoms with Crippen LogP contribution in [0.2, 0.25) is 0 Å². The Labute approximate surface area is 222 Å². The van der Waals surface area contributed by atoms with Gasteiger partial charge in [-0.25, -0.2) is 9.59 Å². The smallest absolute Gasteiger partial charge is 0.407 e. The van der Waals surface area contributed by atoms with Crippen molar-refractivity contribution in [3.63, 3.8) is 0 Å². The maximum absolute atomic E-state index is 12.9. The van der Waals surface area contributed by atoms with E-state index >= 15 is 0 Å². The molecule has 1 amide bonds. The molecule has 5 rings (SSSR count). The predicted octanol–water partition coefficient (Wildman–Crippen LogP) is 5.11. The molecule has 0 bridgehead atoms. The van der Waals surface area contributed by atoms with E-state index in [0.29, 0.717) is 38.9 Å². The van der Waals surface area contributed by atoms with Crippen LogP contribution in [0, 0.1) is 0 Å². The highest BCUT2D eigenvalue weighted by Crippen LogP contribution is 2.31. The number of rotatable bonds is 9. The molecule has 1 aromatic heterocycles. The van der Waals surface area contributed by atoms with Gasteiger partial charge in [-0.15, -0.1) is 0 Å². The largest absolute Gasteiger partial charge is 0.496 e. The molecule has 1 fully saturated rings. The summed E-state index contributed by atoms with van der Waals surface area (Å²) in [5.74, 6) is 0.842. The SMILES string of the molecule is COc1ccccc1CN(CCC1CC(n2c(=O)[nH]c3ccccc32)CCN1C(=O)O)Cc1ccccc1. The normalized spacial score (nSPS) is 17.7. The minimum Gasteiger partial charge on any atom is -0.496 e. The Bertz CT molecular complexity index is 1430. The van der Waals surface area contributed by atoms with Crippen molar-refractivity contribution in [1.82, 2.24) is 19.4 Å². The summed E-state index contributed by atoms with van der Waals surface area (Å²) in [4.78, 5) is 31.9. The van der Waals surface area contributed by atoms with Crippen LogP contribution in [0.3, 0.4) is 0 Å². The zero-order valence-electron chi connectivity index (χ0n) is 21.6. The van der Waals surface area contributed by atoms with Crippen LogP contribution in [0.15, 0.2) is 83.7 Å². The highest BCUT2D eigenvalue weighted by molar-refractivity contribution is 5.75. The number of nitrogens with zero attached hydrogens (tertiary/aromatic N) is 3. The predicted molar refractivity (Wildman–Crippen MR) is 148 cm³/mol. The summed E-state index contributed by atoms with van der Waals surface area (Å²) < 4.78 is 7.41. The first-order valence-corrected chi connectivity index (χ1v) is 13.1. The van der Waals surface area contributed by atoms with Gasteiger partial charge < -0.3 is 19.7 Å². The lowest BCUT2D eigenvalue weighted by atomic mass is 9.94. The molecular weight excluding hydrogens is 480 g/mol. The fourth-order valence-electron chi connectivity index (χ4n) is 5.69. The van der Waals surface area contributed by atoms with Crippen molar-refractivity contribution in [2.45, 2.75) is 44.4 Å². The molecule has 0 radical (unpaired) electrons. The summed E-state index contributed by atoms with van der Waals surface area (Å²) in [5, 5.41) is 9.98. The number of ether oxygens (including phenoxy) is 1. The Morgan fingerprint density at radius 2 is 1.76 bits per heavy atom. The molecule has 1 aliphatic rings. The van der Waals surface area contributed by atoms with Gasteiger partial charge in [0.25, 0.3) is 0 Å². The Morgan fingerprint density at radius 3 is 2.55 bits per heavy atom. The molecule has 4 aromatic rings. The maximum atomic E-state index is 12.9. The molecule has 2 N–H and O–H groups in total. The van der Waals surface area contributed by atoms with E-state index in [1.165, 1.54) is 5.56 Å². The molecule has 2 unspecified atom stereocenters. The molecule has 2 heterocycles. The van der Waals surface area contributed by atoms with Crippen LogP contribution in [0.4, 0.5) is 4.79 Å². The molecule has 0 spiro atoms. The van der Waals surface area contributed by atoms with Crippen molar-refractivity contribution in [2.24, 2.45) is 0 Å². The molecule has 3 aromatic carbocycles. The third-order valence-electron chi connectivity index (χ3n) is 7.54. The van der Waals surface area contributed by atoms with Crippen LogP contribution in [0.1, 0.15) is 36.4 Å². The second kappa shape index (κ2) is 11.6. The zero-order valence-corrected chi connectivity index (χ0v) is 21.6. The number of likely N-dealkylation sites (tertiary alicyclic amines) is 1. The molecule has 1 aliphatic heterocycles. The summed E-state index contributed by atoms with van der Waals surface area (Å²) in [6.07, 6.45) is 0.975. The van der Waals surface area contributed by atoms with Crippen LogP contribution >= 0.6 is 0 Å². The molecule has 8 heteroatoms. The van der Waals surface area contributed by atoms with Crippen LogP contribution in [-0.2, 0) is 13.1 Å². The quantitative estimate of drug-likeness (QED) is 0.324. The van der Waals surface area contributed by atoms with Crippen LogP contribution < -0.4 is 10.4 Å². The number of amides is 1. The fraction of sp³-hybridized carbons (Fsp3) is 0.333. The van der Waals surface area contributed by atoms with E-state index in [9.17, 15) is 14.7 Å². The van der Waals surface area contributed by atoms with E-state index < -0.39 is 6.09 Å². The van der Waals surface area contributed by atoms with E-state index in [0.717, 1.165) is 28.9 Å². The lowest BCUT2D eigenvalue weighted by molar-refractivity contribution is 0.0811. The highest BCUT2D eigenvalue weighted by Gasteiger charge is 2.33. The number of methoxy groups -OCH3 is 1. The van der Waals surface area contributed by atoms with Gasteiger partial charge >= 0.3 is 11.8 Å². The van der Waals surface area contributed by atoms with Crippen molar-refractivity contribution in [1.29, 1.82) is 0 Å². The van der Waals surface area contributed by atoms with Crippen LogP contribution in [0.25, 0.3) is 11.0 Å². The number of para-hydroxylation sites is 3. The van der Waals surface area contributed by atoms with Gasteiger partial charge in [-0.3, -0.25) is 9.47 Å². The Hall–Kier alpha value is -4.04. The minimum absolute atomic E-state index is 0.0592. The van der Waals surface area contributed by atoms with E-state index in [1.807, 2.05) is 65.2 Å². The zero-order chi connectivity index (χ0) is 26.5. The topological polar surface area (TPSA) is 90.8 Å². The number of benzene rings is 3. The number of hydrogen-bond donors (Lipinski definition) is 2. The number of carbonyl (C=O) groups is 1. The standard InChI is InChI=1S/C30H34N4O4/c1-38-28-14-8-5-11-23(28)21-32(20-22-9-3-2-4-10-22)17-15-24-19-25(16-18-33(24)30(36)37)34-27-13-7-6-12-26(27)31-29(34)35/h2-14,24-25H,15-21H2,1H3,(H,31,35)(H,36,37). The molecule has 38 heavy (non-hydrogen) atoms. The van der Waals surface area contributed by atoms with Gasteiger partial charge in [0, 0.05) is 43.8 Å². The highest BCUT2D eigenvalue weighted by atomic mass is 16.5. The number of aromatic amines is 1. The first-order chi connectivity index (χ1) is 18.5. The first kappa shape index (κ1) is 25.6. The summed E-state index contributed by atoms with van der Waals surface area (Å²) in [5.41, 5.74) is 3.82. The summed E-state index contributed by atoms with van der Waals surface area (Å²) in [6, 6.07) is 25.7. The Balaban J connectivity index is 1.37. The van der Waals surface area contributed by atoms with E-state index in [2.05, 4.69) is 28.1 Å². The molecule has 1 saturated heterocycles. The maximum Gasteiger partial charge on any atom is 0.407 e. The number of imidazole rings is 1. The van der Waals surface area contributed by atoms with Gasteiger partial charge in [0.1, 0.15) is 5.75 Å². The molecule has 198 valence electrons. The van der Waals surface area contributed by atoms with E-state index in [-0.39, 0.29) is 17.8 Å². The Kier molecular flexibility index (Phi) is 7.79. The number of piperidine rings is 1. The van der Waals surface area contributed by atoms with Gasteiger partial charge in [-0.05, 0) is 43.0 Å². The van der Waals surface area contributed by atoms with Gasteiger partial charge in [0.05, 0.1) is 18.1 Å². The third kappa shape index (κ3) is 5.60. The number of hydrogen-bond acceptors (Lipinski definition) is 4. The van der Waals surface area contributed by atoms with Crippen molar-refractivity contribution < 1.29 is 14.6 Å². The second-order valence-electron chi connectivity index (χ2n) is 9.92. The molecule has 2 atom stereocenters. The van der Waals surface area contributed by atoms with E-state index in [1.54, 1.807) is 12.0 Å². The lowest BCUT2D eigenvalue weighted by Crippen LogP contribution is -2.48. The van der Waals surface area contributed by atoms with Gasteiger partial charge in [-0.1, -0.05) is 60.7 Å². The average molecular weight is 515 g/mol. The molecule has 0 saturated carbocycles. The minimum atomic E-state index is -0.904. The van der Waals surface area contributed by atoms with Crippen LogP contribution in [-0.4, -0.2) is 56.8 Å². The molecular formula is C30H34N4O4. The second-order valence-corrected chi connectivity index (χ2v) is 9.92.